The molecular weight excluding hydrogens is 412 g/mol. The minimum Gasteiger partial charge on any atom is -0.473 e. The largest absolute Gasteiger partial charge is 0.473 e. The monoisotopic (exact) mass is 424 g/mol. The van der Waals surface area contributed by atoms with Crippen molar-refractivity contribution in [3.05, 3.63) is 52.9 Å². The molecule has 1 aromatic heterocycles. The number of hydrogen-bond acceptors (Lipinski definition) is 4. The number of hydrogen-bond donors (Lipinski definition) is 0. The molecule has 0 saturated carbocycles. The van der Waals surface area contributed by atoms with Gasteiger partial charge < -0.3 is 4.74 Å². The van der Waals surface area contributed by atoms with E-state index >= 15 is 0 Å². The highest BCUT2D eigenvalue weighted by Crippen LogP contribution is 2.31. The third-order valence-electron chi connectivity index (χ3n) is 3.99. The Labute approximate surface area is 157 Å². The lowest BCUT2D eigenvalue weighted by Gasteiger charge is -2.17. The van der Waals surface area contributed by atoms with Gasteiger partial charge in [-0.1, -0.05) is 11.6 Å². The number of rotatable bonds is 4. The molecule has 5 nitrogen and oxygen atoms in total. The van der Waals surface area contributed by atoms with E-state index in [0.717, 1.165) is 40.8 Å². The Hall–Kier alpha value is -1.91. The maximum absolute atomic E-state index is 13.2. The Bertz CT molecular complexity index is 953. The van der Waals surface area contributed by atoms with Gasteiger partial charge in [0.2, 0.25) is 15.9 Å². The van der Waals surface area contributed by atoms with Crippen molar-refractivity contribution in [2.75, 3.05) is 13.1 Å². The van der Waals surface area contributed by atoms with Gasteiger partial charge in [-0.25, -0.2) is 17.8 Å². The first-order valence-electron chi connectivity index (χ1n) is 7.72. The molecule has 3 rings (SSSR count). The smallest absolute Gasteiger partial charge is 0.416 e. The van der Waals surface area contributed by atoms with Crippen molar-refractivity contribution >= 4 is 21.6 Å². The minimum atomic E-state index is -4.53. The lowest BCUT2D eigenvalue weighted by molar-refractivity contribution is -0.137. The van der Waals surface area contributed by atoms with E-state index in [1.807, 2.05) is 0 Å². The molecule has 1 atom stereocenters. The van der Waals surface area contributed by atoms with Crippen LogP contribution in [0.3, 0.4) is 0 Å². The Balaban J connectivity index is 1.72. The summed E-state index contributed by atoms with van der Waals surface area (Å²) in [5.41, 5.74) is -0.907. The predicted molar refractivity (Wildman–Crippen MR) is 88.4 cm³/mol. The fourth-order valence-corrected chi connectivity index (χ4v) is 4.38. The molecule has 1 saturated heterocycles. The zero-order chi connectivity index (χ0) is 19.8. The highest BCUT2D eigenvalue weighted by molar-refractivity contribution is 7.89. The van der Waals surface area contributed by atoms with Crippen molar-refractivity contribution in [3.8, 4) is 5.88 Å². The zero-order valence-corrected chi connectivity index (χ0v) is 15.2. The predicted octanol–water partition coefficient (Wildman–Crippen LogP) is 3.73. The fraction of sp³-hybridized carbons (Fsp3) is 0.312. The van der Waals surface area contributed by atoms with E-state index in [2.05, 4.69) is 4.98 Å². The van der Waals surface area contributed by atoms with Gasteiger partial charge >= 0.3 is 6.18 Å². The summed E-state index contributed by atoms with van der Waals surface area (Å²) in [6.07, 6.45) is -3.95. The van der Waals surface area contributed by atoms with E-state index in [4.69, 9.17) is 16.3 Å². The third-order valence-corrected chi connectivity index (χ3v) is 6.14. The first-order valence-corrected chi connectivity index (χ1v) is 9.54. The molecular formula is C16H13ClF4N2O3S. The van der Waals surface area contributed by atoms with Crippen molar-refractivity contribution in [1.82, 2.24) is 9.29 Å². The van der Waals surface area contributed by atoms with Crippen LogP contribution in [0, 0.1) is 5.82 Å². The van der Waals surface area contributed by atoms with Crippen LogP contribution in [0.1, 0.15) is 12.0 Å². The Morgan fingerprint density at radius 1 is 1.22 bits per heavy atom. The van der Waals surface area contributed by atoms with Gasteiger partial charge in [-0.05, 0) is 30.7 Å². The maximum Gasteiger partial charge on any atom is 0.416 e. The molecule has 1 aliphatic rings. The summed E-state index contributed by atoms with van der Waals surface area (Å²) in [6, 6.07) is 4.63. The Morgan fingerprint density at radius 2 is 1.96 bits per heavy atom. The van der Waals surface area contributed by atoms with Crippen molar-refractivity contribution in [1.29, 1.82) is 0 Å². The fourth-order valence-electron chi connectivity index (χ4n) is 2.62. The van der Waals surface area contributed by atoms with Crippen LogP contribution in [0.25, 0.3) is 0 Å². The summed E-state index contributed by atoms with van der Waals surface area (Å²) in [7, 11) is -3.93. The minimum absolute atomic E-state index is 0.0742. The molecule has 146 valence electrons. The number of benzene rings is 1. The van der Waals surface area contributed by atoms with E-state index in [9.17, 15) is 26.0 Å². The molecule has 0 N–H and O–H groups in total. The first-order chi connectivity index (χ1) is 12.6. The van der Waals surface area contributed by atoms with Gasteiger partial charge in [-0.3, -0.25) is 0 Å². The lowest BCUT2D eigenvalue weighted by atomic mass is 10.2. The van der Waals surface area contributed by atoms with E-state index in [1.54, 1.807) is 0 Å². The van der Waals surface area contributed by atoms with Gasteiger partial charge in [0.05, 0.1) is 22.0 Å². The summed E-state index contributed by atoms with van der Waals surface area (Å²) in [4.78, 5) is 3.56. The van der Waals surface area contributed by atoms with Crippen LogP contribution in [0.5, 0.6) is 5.88 Å². The molecule has 1 aromatic carbocycles. The van der Waals surface area contributed by atoms with Gasteiger partial charge in [0.25, 0.3) is 0 Å². The normalized spacial score (nSPS) is 18.6. The van der Waals surface area contributed by atoms with Crippen LogP contribution in [0.4, 0.5) is 17.6 Å². The number of sulfonamides is 1. The van der Waals surface area contributed by atoms with Crippen LogP contribution in [-0.2, 0) is 16.2 Å². The lowest BCUT2D eigenvalue weighted by Crippen LogP contribution is -2.31. The molecule has 1 fully saturated rings. The van der Waals surface area contributed by atoms with Crippen LogP contribution in [0.15, 0.2) is 41.4 Å². The molecule has 2 heterocycles. The average Bonchev–Trinajstić information content (AvgIpc) is 3.06. The second kappa shape index (κ2) is 7.25. The summed E-state index contributed by atoms with van der Waals surface area (Å²) in [5, 5.41) is -0.323. The number of aromatic nitrogens is 1. The maximum atomic E-state index is 13.2. The molecule has 11 heteroatoms. The number of alkyl halides is 3. The molecule has 0 unspecified atom stereocenters. The quantitative estimate of drug-likeness (QED) is 0.702. The first kappa shape index (κ1) is 19.8. The molecule has 0 aliphatic carbocycles. The van der Waals surface area contributed by atoms with Crippen LogP contribution >= 0.6 is 11.6 Å². The molecule has 0 spiro atoms. The van der Waals surface area contributed by atoms with E-state index < -0.39 is 33.7 Å². The van der Waals surface area contributed by atoms with Crippen molar-refractivity contribution in [2.24, 2.45) is 0 Å². The molecule has 0 bridgehead atoms. The third kappa shape index (κ3) is 4.33. The van der Waals surface area contributed by atoms with Gasteiger partial charge in [-0.15, -0.1) is 0 Å². The topological polar surface area (TPSA) is 59.5 Å². The second-order valence-corrected chi connectivity index (χ2v) is 8.19. The number of ether oxygens (including phenoxy) is 1. The molecule has 2 aromatic rings. The van der Waals surface area contributed by atoms with Crippen molar-refractivity contribution < 1.29 is 30.7 Å². The molecule has 0 amide bonds. The van der Waals surface area contributed by atoms with Crippen molar-refractivity contribution in [2.45, 2.75) is 23.6 Å². The van der Waals surface area contributed by atoms with Crippen LogP contribution in [-0.4, -0.2) is 36.9 Å². The number of pyridine rings is 1. The van der Waals surface area contributed by atoms with Crippen LogP contribution < -0.4 is 4.74 Å². The van der Waals surface area contributed by atoms with Gasteiger partial charge in [-0.2, -0.15) is 17.5 Å². The van der Waals surface area contributed by atoms with Crippen LogP contribution in [0.2, 0.25) is 5.02 Å². The standard InChI is InChI=1S/C16H13ClF4N2O3S/c17-13-8-12(1-2-14(13)18)27(24,25)23-6-4-11(9-23)26-15-7-10(3-5-22-15)16(19,20)21/h1-3,5,7-8,11H,4,6,9H2/t11-/m1/s1. The van der Waals surface area contributed by atoms with Gasteiger partial charge in [0.15, 0.2) is 0 Å². The highest BCUT2D eigenvalue weighted by Gasteiger charge is 2.35. The summed E-state index contributed by atoms with van der Waals surface area (Å²) >= 11 is 5.63. The zero-order valence-electron chi connectivity index (χ0n) is 13.6. The SMILES string of the molecule is O=S(=O)(c1ccc(F)c(Cl)c1)N1CC[C@@H](Oc2cc(C(F)(F)F)ccn2)C1. The highest BCUT2D eigenvalue weighted by atomic mass is 35.5. The van der Waals surface area contributed by atoms with E-state index in [-0.39, 0.29) is 35.3 Å². The second-order valence-electron chi connectivity index (χ2n) is 5.85. The Morgan fingerprint density at radius 3 is 2.63 bits per heavy atom. The van der Waals surface area contributed by atoms with E-state index in [0.29, 0.717) is 0 Å². The molecule has 1 aliphatic heterocycles. The summed E-state index contributed by atoms with van der Waals surface area (Å²) in [6.45, 7) is 0.0240. The van der Waals surface area contributed by atoms with Crippen molar-refractivity contribution in [3.63, 3.8) is 0 Å². The molecule has 27 heavy (non-hydrogen) atoms. The summed E-state index contributed by atoms with van der Waals surface area (Å²) in [5.74, 6) is -0.979. The Kier molecular flexibility index (Phi) is 5.33. The summed E-state index contributed by atoms with van der Waals surface area (Å²) < 4.78 is 83.2. The molecule has 0 radical (unpaired) electrons. The number of halogens is 5. The average molecular weight is 425 g/mol. The number of nitrogens with zero attached hydrogens (tertiary/aromatic N) is 2. The van der Waals surface area contributed by atoms with Gasteiger partial charge in [0, 0.05) is 18.8 Å². The van der Waals surface area contributed by atoms with Gasteiger partial charge in [0.1, 0.15) is 11.9 Å². The van der Waals surface area contributed by atoms with E-state index in [1.165, 1.54) is 0 Å².